The van der Waals surface area contributed by atoms with Crippen molar-refractivity contribution in [3.8, 4) is 5.75 Å². The van der Waals surface area contributed by atoms with Crippen LogP contribution in [0.1, 0.15) is 41.0 Å². The molecule has 0 unspecified atom stereocenters. The Morgan fingerprint density at radius 1 is 0.917 bits per heavy atom. The van der Waals surface area contributed by atoms with E-state index in [1.807, 2.05) is 19.9 Å². The van der Waals surface area contributed by atoms with Crippen LogP contribution in [0.3, 0.4) is 0 Å². The quantitative estimate of drug-likeness (QED) is 0.818. The SMILES string of the molecule is CCCOc1ccccc1C(=O)Nc1ccccc1C(=O)NCC. The number of ether oxygens (including phenoxy) is 1. The molecular weight excluding hydrogens is 304 g/mol. The van der Waals surface area contributed by atoms with Gasteiger partial charge in [0.1, 0.15) is 5.75 Å². The Balaban J connectivity index is 2.23. The number of hydrogen-bond donors (Lipinski definition) is 2. The van der Waals surface area contributed by atoms with Crippen molar-refractivity contribution in [2.24, 2.45) is 0 Å². The molecule has 0 fully saturated rings. The third kappa shape index (κ3) is 4.35. The van der Waals surface area contributed by atoms with Gasteiger partial charge in [-0.1, -0.05) is 31.2 Å². The summed E-state index contributed by atoms with van der Waals surface area (Å²) >= 11 is 0. The van der Waals surface area contributed by atoms with Crippen molar-refractivity contribution in [3.63, 3.8) is 0 Å². The molecule has 2 N–H and O–H groups in total. The van der Waals surface area contributed by atoms with Gasteiger partial charge in [-0.3, -0.25) is 9.59 Å². The number of benzene rings is 2. The van der Waals surface area contributed by atoms with Crippen LogP contribution in [-0.4, -0.2) is 25.0 Å². The van der Waals surface area contributed by atoms with Crippen LogP contribution < -0.4 is 15.4 Å². The van der Waals surface area contributed by atoms with Gasteiger partial charge in [-0.05, 0) is 37.6 Å². The predicted octanol–water partition coefficient (Wildman–Crippen LogP) is 3.48. The monoisotopic (exact) mass is 326 g/mol. The van der Waals surface area contributed by atoms with Crippen LogP contribution in [-0.2, 0) is 0 Å². The maximum Gasteiger partial charge on any atom is 0.259 e. The number of para-hydroxylation sites is 2. The molecule has 2 amide bonds. The third-order valence-electron chi connectivity index (χ3n) is 3.35. The van der Waals surface area contributed by atoms with Crippen LogP contribution in [0.5, 0.6) is 5.75 Å². The Labute approximate surface area is 142 Å². The van der Waals surface area contributed by atoms with Crippen LogP contribution in [0, 0.1) is 0 Å². The minimum absolute atomic E-state index is 0.219. The Morgan fingerprint density at radius 3 is 2.29 bits per heavy atom. The van der Waals surface area contributed by atoms with E-state index >= 15 is 0 Å². The number of hydrogen-bond acceptors (Lipinski definition) is 3. The first kappa shape index (κ1) is 17.5. The summed E-state index contributed by atoms with van der Waals surface area (Å²) < 4.78 is 5.62. The van der Waals surface area contributed by atoms with E-state index in [1.165, 1.54) is 0 Å². The first-order valence-corrected chi connectivity index (χ1v) is 8.07. The molecule has 0 radical (unpaired) electrons. The fraction of sp³-hybridized carbons (Fsp3) is 0.263. The molecule has 0 aromatic heterocycles. The van der Waals surface area contributed by atoms with E-state index in [4.69, 9.17) is 4.74 Å². The summed E-state index contributed by atoms with van der Waals surface area (Å²) in [6, 6.07) is 14.0. The van der Waals surface area contributed by atoms with Crippen molar-refractivity contribution in [1.29, 1.82) is 0 Å². The van der Waals surface area contributed by atoms with Gasteiger partial charge < -0.3 is 15.4 Å². The van der Waals surface area contributed by atoms with Crippen molar-refractivity contribution in [3.05, 3.63) is 59.7 Å². The zero-order chi connectivity index (χ0) is 17.4. The molecule has 0 heterocycles. The van der Waals surface area contributed by atoms with E-state index in [9.17, 15) is 9.59 Å². The fourth-order valence-electron chi connectivity index (χ4n) is 2.23. The molecule has 0 bridgehead atoms. The first-order valence-electron chi connectivity index (χ1n) is 8.07. The number of carbonyl (C=O) groups excluding carboxylic acids is 2. The first-order chi connectivity index (χ1) is 11.7. The fourth-order valence-corrected chi connectivity index (χ4v) is 2.23. The molecule has 0 spiro atoms. The summed E-state index contributed by atoms with van der Waals surface area (Å²) in [5.41, 5.74) is 1.34. The van der Waals surface area contributed by atoms with Gasteiger partial charge in [0, 0.05) is 6.54 Å². The van der Waals surface area contributed by atoms with Crippen molar-refractivity contribution in [2.45, 2.75) is 20.3 Å². The topological polar surface area (TPSA) is 67.4 Å². The van der Waals surface area contributed by atoms with Gasteiger partial charge in [0.2, 0.25) is 0 Å². The number of nitrogens with one attached hydrogen (secondary N) is 2. The van der Waals surface area contributed by atoms with Crippen LogP contribution in [0.15, 0.2) is 48.5 Å². The second-order valence-corrected chi connectivity index (χ2v) is 5.20. The Kier molecular flexibility index (Phi) is 6.37. The predicted molar refractivity (Wildman–Crippen MR) is 94.6 cm³/mol. The zero-order valence-electron chi connectivity index (χ0n) is 14.0. The highest BCUT2D eigenvalue weighted by molar-refractivity contribution is 6.10. The molecule has 5 heteroatoms. The van der Waals surface area contributed by atoms with Crippen molar-refractivity contribution < 1.29 is 14.3 Å². The minimum atomic E-state index is -0.307. The van der Waals surface area contributed by atoms with E-state index < -0.39 is 0 Å². The highest BCUT2D eigenvalue weighted by Gasteiger charge is 2.16. The van der Waals surface area contributed by atoms with Crippen LogP contribution in [0.25, 0.3) is 0 Å². The van der Waals surface area contributed by atoms with Gasteiger partial charge in [-0.2, -0.15) is 0 Å². The van der Waals surface area contributed by atoms with E-state index in [2.05, 4.69) is 10.6 Å². The lowest BCUT2D eigenvalue weighted by Crippen LogP contribution is -2.25. The van der Waals surface area contributed by atoms with E-state index in [0.29, 0.717) is 35.7 Å². The molecule has 0 aliphatic heterocycles. The van der Waals surface area contributed by atoms with E-state index in [1.54, 1.807) is 42.5 Å². The number of anilines is 1. The van der Waals surface area contributed by atoms with Gasteiger partial charge in [0.05, 0.1) is 23.4 Å². The highest BCUT2D eigenvalue weighted by atomic mass is 16.5. The largest absolute Gasteiger partial charge is 0.493 e. The lowest BCUT2D eigenvalue weighted by Gasteiger charge is -2.13. The lowest BCUT2D eigenvalue weighted by atomic mass is 10.1. The number of rotatable bonds is 7. The molecule has 0 saturated carbocycles. The third-order valence-corrected chi connectivity index (χ3v) is 3.35. The maximum absolute atomic E-state index is 12.6. The molecule has 0 aliphatic carbocycles. The molecule has 2 aromatic carbocycles. The molecular formula is C19H22N2O3. The van der Waals surface area contributed by atoms with Gasteiger partial charge in [-0.15, -0.1) is 0 Å². The van der Waals surface area contributed by atoms with Crippen molar-refractivity contribution in [1.82, 2.24) is 5.32 Å². The molecule has 0 aliphatic rings. The summed E-state index contributed by atoms with van der Waals surface area (Å²) in [5, 5.41) is 5.54. The molecule has 0 atom stereocenters. The smallest absolute Gasteiger partial charge is 0.259 e. The van der Waals surface area contributed by atoms with Gasteiger partial charge in [0.15, 0.2) is 0 Å². The average Bonchev–Trinajstić information content (AvgIpc) is 2.60. The molecule has 0 saturated heterocycles. The molecule has 24 heavy (non-hydrogen) atoms. The summed E-state index contributed by atoms with van der Waals surface area (Å²) in [6.45, 7) is 4.92. The summed E-state index contributed by atoms with van der Waals surface area (Å²) in [4.78, 5) is 24.7. The van der Waals surface area contributed by atoms with Gasteiger partial charge >= 0.3 is 0 Å². The summed E-state index contributed by atoms with van der Waals surface area (Å²) in [6.07, 6.45) is 0.857. The van der Waals surface area contributed by atoms with E-state index in [-0.39, 0.29) is 11.8 Å². The molecule has 5 nitrogen and oxygen atoms in total. The molecule has 2 aromatic rings. The number of carbonyl (C=O) groups is 2. The normalized spacial score (nSPS) is 10.1. The Hall–Kier alpha value is -2.82. The van der Waals surface area contributed by atoms with Crippen LogP contribution in [0.2, 0.25) is 0 Å². The lowest BCUT2D eigenvalue weighted by molar-refractivity contribution is 0.0956. The molecule has 126 valence electrons. The second-order valence-electron chi connectivity index (χ2n) is 5.20. The standard InChI is InChI=1S/C19H22N2O3/c1-3-13-24-17-12-8-6-10-15(17)19(23)21-16-11-7-5-9-14(16)18(22)20-4-2/h5-12H,3-4,13H2,1-2H3,(H,20,22)(H,21,23). The van der Waals surface area contributed by atoms with Crippen molar-refractivity contribution >= 4 is 17.5 Å². The Bertz CT molecular complexity index is 713. The maximum atomic E-state index is 12.6. The zero-order valence-corrected chi connectivity index (χ0v) is 14.0. The molecule has 2 rings (SSSR count). The summed E-state index contributed by atoms with van der Waals surface area (Å²) in [7, 11) is 0. The van der Waals surface area contributed by atoms with Crippen LogP contribution >= 0.6 is 0 Å². The second kappa shape index (κ2) is 8.72. The van der Waals surface area contributed by atoms with Gasteiger partial charge in [-0.25, -0.2) is 0 Å². The van der Waals surface area contributed by atoms with Crippen LogP contribution in [0.4, 0.5) is 5.69 Å². The number of amides is 2. The summed E-state index contributed by atoms with van der Waals surface area (Å²) in [5.74, 6) is 0.00899. The van der Waals surface area contributed by atoms with Crippen molar-refractivity contribution in [2.75, 3.05) is 18.5 Å². The van der Waals surface area contributed by atoms with E-state index in [0.717, 1.165) is 6.42 Å². The Morgan fingerprint density at radius 2 is 1.58 bits per heavy atom. The highest BCUT2D eigenvalue weighted by Crippen LogP contribution is 2.21. The van der Waals surface area contributed by atoms with Gasteiger partial charge in [0.25, 0.3) is 11.8 Å². The average molecular weight is 326 g/mol. The minimum Gasteiger partial charge on any atom is -0.493 e.